The van der Waals surface area contributed by atoms with E-state index in [1.54, 1.807) is 6.07 Å². The number of nitrogen functional groups attached to an aromatic ring is 1. The SMILES string of the molecule is Nc1nc2ccc(Cl)cc2n1-c1ccc(Br)cc1Br. The van der Waals surface area contributed by atoms with Crippen molar-refractivity contribution in [1.29, 1.82) is 0 Å². The zero-order valence-electron chi connectivity index (χ0n) is 9.57. The topological polar surface area (TPSA) is 43.8 Å². The Morgan fingerprint density at radius 1 is 1.11 bits per heavy atom. The van der Waals surface area contributed by atoms with Crippen molar-refractivity contribution in [2.45, 2.75) is 0 Å². The van der Waals surface area contributed by atoms with E-state index < -0.39 is 0 Å². The summed E-state index contributed by atoms with van der Waals surface area (Å²) in [6.45, 7) is 0. The molecule has 0 fully saturated rings. The van der Waals surface area contributed by atoms with Crippen molar-refractivity contribution in [2.24, 2.45) is 0 Å². The van der Waals surface area contributed by atoms with Crippen molar-refractivity contribution in [3.63, 3.8) is 0 Å². The van der Waals surface area contributed by atoms with Gasteiger partial charge in [0.1, 0.15) is 0 Å². The smallest absolute Gasteiger partial charge is 0.205 e. The lowest BCUT2D eigenvalue weighted by Gasteiger charge is -2.09. The fraction of sp³-hybridized carbons (Fsp3) is 0. The van der Waals surface area contributed by atoms with Gasteiger partial charge >= 0.3 is 0 Å². The summed E-state index contributed by atoms with van der Waals surface area (Å²) in [6, 6.07) is 11.4. The number of imidazole rings is 1. The molecule has 2 N–H and O–H groups in total. The third-order valence-corrected chi connectivity index (χ3v) is 4.16. The minimum Gasteiger partial charge on any atom is -0.369 e. The third-order valence-electron chi connectivity index (χ3n) is 2.79. The fourth-order valence-electron chi connectivity index (χ4n) is 1.98. The molecule has 0 saturated heterocycles. The van der Waals surface area contributed by atoms with Crippen LogP contribution in [0.4, 0.5) is 5.95 Å². The Labute approximate surface area is 131 Å². The van der Waals surface area contributed by atoms with Crippen LogP contribution >= 0.6 is 43.5 Å². The Hall–Kier alpha value is -1.04. The van der Waals surface area contributed by atoms with Crippen LogP contribution in [0, 0.1) is 0 Å². The highest BCUT2D eigenvalue weighted by atomic mass is 79.9. The summed E-state index contributed by atoms with van der Waals surface area (Å²) in [6.07, 6.45) is 0. The molecule has 19 heavy (non-hydrogen) atoms. The first kappa shape index (κ1) is 13.0. The lowest BCUT2D eigenvalue weighted by Crippen LogP contribution is -2.01. The molecule has 0 spiro atoms. The van der Waals surface area contributed by atoms with E-state index in [9.17, 15) is 0 Å². The third kappa shape index (κ3) is 2.26. The van der Waals surface area contributed by atoms with E-state index in [-0.39, 0.29) is 0 Å². The Bertz CT molecular complexity index is 783. The van der Waals surface area contributed by atoms with Crippen LogP contribution in [-0.2, 0) is 0 Å². The van der Waals surface area contributed by atoms with Gasteiger partial charge in [-0.3, -0.25) is 4.57 Å². The summed E-state index contributed by atoms with van der Waals surface area (Å²) in [7, 11) is 0. The van der Waals surface area contributed by atoms with E-state index in [1.165, 1.54) is 0 Å². The van der Waals surface area contributed by atoms with Crippen LogP contribution in [-0.4, -0.2) is 9.55 Å². The molecule has 3 rings (SSSR count). The summed E-state index contributed by atoms with van der Waals surface area (Å²) < 4.78 is 3.79. The normalized spacial score (nSPS) is 11.1. The molecule has 0 radical (unpaired) electrons. The summed E-state index contributed by atoms with van der Waals surface area (Å²) >= 11 is 13.0. The van der Waals surface area contributed by atoms with Crippen LogP contribution in [0.1, 0.15) is 0 Å². The van der Waals surface area contributed by atoms with Gasteiger partial charge in [-0.2, -0.15) is 0 Å². The van der Waals surface area contributed by atoms with Gasteiger partial charge in [-0.1, -0.05) is 27.5 Å². The van der Waals surface area contributed by atoms with Crippen LogP contribution < -0.4 is 5.73 Å². The van der Waals surface area contributed by atoms with Crippen LogP contribution in [0.2, 0.25) is 5.02 Å². The summed E-state index contributed by atoms with van der Waals surface area (Å²) in [5, 5.41) is 0.655. The molecule has 0 amide bonds. The molecule has 0 aliphatic rings. The van der Waals surface area contributed by atoms with E-state index in [2.05, 4.69) is 36.8 Å². The molecule has 0 unspecified atom stereocenters. The van der Waals surface area contributed by atoms with Gasteiger partial charge in [-0.05, 0) is 52.3 Å². The van der Waals surface area contributed by atoms with Crippen LogP contribution in [0.25, 0.3) is 16.7 Å². The molecule has 1 heterocycles. The fourth-order valence-corrected chi connectivity index (χ4v) is 3.37. The number of rotatable bonds is 1. The van der Waals surface area contributed by atoms with Gasteiger partial charge in [0.2, 0.25) is 5.95 Å². The molecule has 96 valence electrons. The number of benzene rings is 2. The molecule has 3 aromatic rings. The lowest BCUT2D eigenvalue weighted by molar-refractivity contribution is 1.10. The second kappa shape index (κ2) is 4.81. The van der Waals surface area contributed by atoms with E-state index >= 15 is 0 Å². The minimum absolute atomic E-state index is 0.431. The van der Waals surface area contributed by atoms with Crippen molar-refractivity contribution in [2.75, 3.05) is 5.73 Å². The highest BCUT2D eigenvalue weighted by Gasteiger charge is 2.12. The van der Waals surface area contributed by atoms with Crippen molar-refractivity contribution in [1.82, 2.24) is 9.55 Å². The maximum absolute atomic E-state index is 6.05. The molecule has 0 bridgehead atoms. The van der Waals surface area contributed by atoms with E-state index in [4.69, 9.17) is 17.3 Å². The van der Waals surface area contributed by atoms with Gasteiger partial charge in [-0.15, -0.1) is 0 Å². The minimum atomic E-state index is 0.431. The number of hydrogen-bond acceptors (Lipinski definition) is 2. The average Bonchev–Trinajstić information content (AvgIpc) is 2.65. The maximum Gasteiger partial charge on any atom is 0.205 e. The second-order valence-corrected chi connectivity index (χ2v) is 6.24. The Balaban J connectivity index is 2.35. The van der Waals surface area contributed by atoms with Crippen molar-refractivity contribution in [3.8, 4) is 5.69 Å². The van der Waals surface area contributed by atoms with Gasteiger partial charge in [-0.25, -0.2) is 4.98 Å². The predicted octanol–water partition coefficient (Wildman–Crippen LogP) is 4.79. The average molecular weight is 401 g/mol. The van der Waals surface area contributed by atoms with Gasteiger partial charge in [0.25, 0.3) is 0 Å². The molecular weight excluding hydrogens is 393 g/mol. The molecule has 0 saturated carbocycles. The van der Waals surface area contributed by atoms with Crippen LogP contribution in [0.15, 0.2) is 45.3 Å². The van der Waals surface area contributed by atoms with Gasteiger partial charge in [0.15, 0.2) is 0 Å². The molecule has 1 aromatic heterocycles. The Morgan fingerprint density at radius 3 is 2.63 bits per heavy atom. The number of halogens is 3. The summed E-state index contributed by atoms with van der Waals surface area (Å²) in [4.78, 5) is 4.34. The Kier molecular flexibility index (Phi) is 3.28. The zero-order valence-corrected chi connectivity index (χ0v) is 13.5. The number of aromatic nitrogens is 2. The van der Waals surface area contributed by atoms with Crippen LogP contribution in [0.3, 0.4) is 0 Å². The standard InChI is InChI=1S/C13H8Br2ClN3/c14-7-1-4-11(9(15)5-7)19-12-6-8(16)2-3-10(12)18-13(19)17/h1-6H,(H2,17,18). The molecule has 0 atom stereocenters. The number of nitrogens with two attached hydrogens (primary N) is 1. The number of nitrogens with zero attached hydrogens (tertiary/aromatic N) is 2. The first-order chi connectivity index (χ1) is 9.06. The van der Waals surface area contributed by atoms with Crippen molar-refractivity contribution >= 4 is 60.4 Å². The molecule has 3 nitrogen and oxygen atoms in total. The summed E-state index contributed by atoms with van der Waals surface area (Å²) in [5.41, 5.74) is 8.64. The lowest BCUT2D eigenvalue weighted by atomic mass is 10.3. The monoisotopic (exact) mass is 399 g/mol. The van der Waals surface area contributed by atoms with Crippen molar-refractivity contribution < 1.29 is 0 Å². The number of anilines is 1. The largest absolute Gasteiger partial charge is 0.369 e. The zero-order chi connectivity index (χ0) is 13.6. The summed E-state index contributed by atoms with van der Waals surface area (Å²) in [5.74, 6) is 0.431. The van der Waals surface area contributed by atoms with Crippen molar-refractivity contribution in [3.05, 3.63) is 50.4 Å². The van der Waals surface area contributed by atoms with Gasteiger partial charge in [0.05, 0.1) is 16.7 Å². The molecule has 2 aromatic carbocycles. The van der Waals surface area contributed by atoms with Crippen LogP contribution in [0.5, 0.6) is 0 Å². The van der Waals surface area contributed by atoms with E-state index in [0.29, 0.717) is 11.0 Å². The molecule has 6 heteroatoms. The molecule has 0 aliphatic heterocycles. The maximum atomic E-state index is 6.05. The predicted molar refractivity (Wildman–Crippen MR) is 85.9 cm³/mol. The highest BCUT2D eigenvalue weighted by molar-refractivity contribution is 9.11. The second-order valence-electron chi connectivity index (χ2n) is 4.03. The molecule has 0 aliphatic carbocycles. The molecular formula is C13H8Br2ClN3. The Morgan fingerprint density at radius 2 is 1.89 bits per heavy atom. The number of fused-ring (bicyclic) bond motifs is 1. The first-order valence-corrected chi connectivity index (χ1v) is 7.41. The highest BCUT2D eigenvalue weighted by Crippen LogP contribution is 2.31. The van der Waals surface area contributed by atoms with Gasteiger partial charge in [0, 0.05) is 14.0 Å². The quantitative estimate of drug-likeness (QED) is 0.637. The van der Waals surface area contributed by atoms with E-state index in [0.717, 1.165) is 25.7 Å². The first-order valence-electron chi connectivity index (χ1n) is 5.45. The number of hydrogen-bond donors (Lipinski definition) is 1. The van der Waals surface area contributed by atoms with Gasteiger partial charge < -0.3 is 5.73 Å². The van der Waals surface area contributed by atoms with E-state index in [1.807, 2.05) is 34.9 Å².